The van der Waals surface area contributed by atoms with E-state index in [4.69, 9.17) is 0 Å². The van der Waals surface area contributed by atoms with Gasteiger partial charge in [0.2, 0.25) is 0 Å². The van der Waals surface area contributed by atoms with Crippen molar-refractivity contribution in [1.29, 1.82) is 0 Å². The molecule has 2 heterocycles. The van der Waals surface area contributed by atoms with Crippen LogP contribution >= 0.6 is 11.3 Å². The van der Waals surface area contributed by atoms with Crippen molar-refractivity contribution < 1.29 is 0 Å². The fraction of sp³-hybridized carbons (Fsp3) is 0.286. The van der Waals surface area contributed by atoms with Crippen molar-refractivity contribution in [3.8, 4) is 0 Å². The Hall–Kier alpha value is -1.72. The second kappa shape index (κ2) is 5.50. The van der Waals surface area contributed by atoms with Crippen LogP contribution in [-0.4, -0.2) is 21.3 Å². The Morgan fingerprint density at radius 3 is 3.05 bits per heavy atom. The van der Waals surface area contributed by atoms with E-state index in [1.165, 1.54) is 15.6 Å². The monoisotopic (exact) mass is 272 g/mol. The molecular formula is C14H16N4S. The molecule has 19 heavy (non-hydrogen) atoms. The van der Waals surface area contributed by atoms with Gasteiger partial charge in [-0.1, -0.05) is 18.2 Å². The predicted molar refractivity (Wildman–Crippen MR) is 78.2 cm³/mol. The van der Waals surface area contributed by atoms with E-state index in [9.17, 15) is 0 Å². The van der Waals surface area contributed by atoms with Gasteiger partial charge in [0.25, 0.3) is 0 Å². The lowest BCUT2D eigenvalue weighted by Gasteiger charge is -2.04. The summed E-state index contributed by atoms with van der Waals surface area (Å²) >= 11 is 1.81. The zero-order chi connectivity index (χ0) is 13.1. The second-order valence-electron chi connectivity index (χ2n) is 4.54. The average molecular weight is 272 g/mol. The maximum absolute atomic E-state index is 4.08. The number of aryl methyl sites for hydroxylation is 1. The topological polar surface area (TPSA) is 42.7 Å². The van der Waals surface area contributed by atoms with Crippen LogP contribution in [-0.2, 0) is 20.0 Å². The predicted octanol–water partition coefficient (Wildman–Crippen LogP) is 2.36. The SMILES string of the molecule is Cn1cnnc1CCNCc1csc2ccccc12. The minimum absolute atomic E-state index is 0.901. The molecule has 0 amide bonds. The molecule has 0 saturated heterocycles. The van der Waals surface area contributed by atoms with E-state index in [0.29, 0.717) is 0 Å². The first-order valence-electron chi connectivity index (χ1n) is 6.33. The Morgan fingerprint density at radius 1 is 1.32 bits per heavy atom. The maximum Gasteiger partial charge on any atom is 0.133 e. The molecule has 0 saturated carbocycles. The van der Waals surface area contributed by atoms with Crippen molar-refractivity contribution in [1.82, 2.24) is 20.1 Å². The van der Waals surface area contributed by atoms with Crippen LogP contribution < -0.4 is 5.32 Å². The van der Waals surface area contributed by atoms with Gasteiger partial charge in [-0.2, -0.15) is 0 Å². The first-order valence-corrected chi connectivity index (χ1v) is 7.21. The molecule has 5 heteroatoms. The van der Waals surface area contributed by atoms with Gasteiger partial charge in [-0.15, -0.1) is 21.5 Å². The summed E-state index contributed by atoms with van der Waals surface area (Å²) in [5.74, 6) is 1.02. The van der Waals surface area contributed by atoms with Crippen molar-refractivity contribution in [2.45, 2.75) is 13.0 Å². The van der Waals surface area contributed by atoms with Crippen molar-refractivity contribution in [3.63, 3.8) is 0 Å². The van der Waals surface area contributed by atoms with E-state index in [1.54, 1.807) is 17.7 Å². The summed E-state index contributed by atoms with van der Waals surface area (Å²) in [5.41, 5.74) is 1.37. The Labute approximate surface area is 116 Å². The number of hydrogen-bond acceptors (Lipinski definition) is 4. The highest BCUT2D eigenvalue weighted by atomic mass is 32.1. The molecule has 3 aromatic rings. The zero-order valence-electron chi connectivity index (χ0n) is 10.8. The fourth-order valence-corrected chi connectivity index (χ4v) is 3.09. The van der Waals surface area contributed by atoms with Gasteiger partial charge in [-0.25, -0.2) is 0 Å². The number of fused-ring (bicyclic) bond motifs is 1. The number of nitrogens with zero attached hydrogens (tertiary/aromatic N) is 3. The minimum Gasteiger partial charge on any atom is -0.321 e. The van der Waals surface area contributed by atoms with Gasteiger partial charge in [0.15, 0.2) is 0 Å². The number of aromatic nitrogens is 3. The van der Waals surface area contributed by atoms with E-state index < -0.39 is 0 Å². The number of thiophene rings is 1. The molecule has 0 unspecified atom stereocenters. The highest BCUT2D eigenvalue weighted by molar-refractivity contribution is 7.17. The molecule has 0 aliphatic heterocycles. The maximum atomic E-state index is 4.08. The first-order chi connectivity index (χ1) is 9.34. The quantitative estimate of drug-likeness (QED) is 0.725. The van der Waals surface area contributed by atoms with Gasteiger partial charge in [0.1, 0.15) is 12.2 Å². The zero-order valence-corrected chi connectivity index (χ0v) is 11.7. The lowest BCUT2D eigenvalue weighted by atomic mass is 10.2. The Bertz CT molecular complexity index is 671. The highest BCUT2D eigenvalue weighted by Gasteiger charge is 2.03. The minimum atomic E-state index is 0.901. The normalized spacial score (nSPS) is 11.2. The third-order valence-corrected chi connectivity index (χ3v) is 4.22. The van der Waals surface area contributed by atoms with Gasteiger partial charge < -0.3 is 9.88 Å². The largest absolute Gasteiger partial charge is 0.321 e. The molecule has 0 bridgehead atoms. The van der Waals surface area contributed by atoms with E-state index in [1.807, 2.05) is 11.6 Å². The smallest absolute Gasteiger partial charge is 0.133 e. The van der Waals surface area contributed by atoms with Gasteiger partial charge in [0.05, 0.1) is 0 Å². The summed E-state index contributed by atoms with van der Waals surface area (Å²) < 4.78 is 3.31. The molecule has 0 fully saturated rings. The van der Waals surface area contributed by atoms with Crippen molar-refractivity contribution in [3.05, 3.63) is 47.4 Å². The van der Waals surface area contributed by atoms with Crippen molar-refractivity contribution >= 4 is 21.4 Å². The van der Waals surface area contributed by atoms with Gasteiger partial charge in [-0.05, 0) is 22.4 Å². The van der Waals surface area contributed by atoms with Crippen LogP contribution in [0.2, 0.25) is 0 Å². The molecule has 98 valence electrons. The number of rotatable bonds is 5. The Morgan fingerprint density at radius 2 is 2.21 bits per heavy atom. The van der Waals surface area contributed by atoms with E-state index in [-0.39, 0.29) is 0 Å². The number of nitrogens with one attached hydrogen (secondary N) is 1. The number of benzene rings is 1. The van der Waals surface area contributed by atoms with Crippen LogP contribution in [0.15, 0.2) is 36.0 Å². The summed E-state index contributed by atoms with van der Waals surface area (Å²) in [5, 5.41) is 15.0. The first kappa shape index (κ1) is 12.3. The van der Waals surface area contributed by atoms with Crippen molar-refractivity contribution in [2.75, 3.05) is 6.54 Å². The molecule has 1 aromatic carbocycles. The Kier molecular flexibility index (Phi) is 3.57. The standard InChI is InChI=1S/C14H16N4S/c1-18-10-16-17-14(18)6-7-15-8-11-9-19-13-5-3-2-4-12(11)13/h2-5,9-10,15H,6-8H2,1H3. The van der Waals surface area contributed by atoms with Crippen LogP contribution in [0.1, 0.15) is 11.4 Å². The Balaban J connectivity index is 1.57. The van der Waals surface area contributed by atoms with Crippen LogP contribution in [0, 0.1) is 0 Å². The molecule has 0 aliphatic carbocycles. The third kappa shape index (κ3) is 2.67. The summed E-state index contributed by atoms with van der Waals surface area (Å²) in [6.07, 6.45) is 2.64. The van der Waals surface area contributed by atoms with Crippen LogP contribution in [0.5, 0.6) is 0 Å². The van der Waals surface area contributed by atoms with Gasteiger partial charge >= 0.3 is 0 Å². The lowest BCUT2D eigenvalue weighted by Crippen LogP contribution is -2.17. The lowest BCUT2D eigenvalue weighted by molar-refractivity contribution is 0.656. The van der Waals surface area contributed by atoms with Crippen LogP contribution in [0.25, 0.3) is 10.1 Å². The van der Waals surface area contributed by atoms with Crippen LogP contribution in [0.4, 0.5) is 0 Å². The highest BCUT2D eigenvalue weighted by Crippen LogP contribution is 2.25. The third-order valence-electron chi connectivity index (χ3n) is 3.21. The molecule has 1 N–H and O–H groups in total. The van der Waals surface area contributed by atoms with Crippen molar-refractivity contribution in [2.24, 2.45) is 7.05 Å². The molecule has 0 atom stereocenters. The molecule has 0 radical (unpaired) electrons. The van der Waals surface area contributed by atoms with E-state index in [2.05, 4.69) is 45.2 Å². The summed E-state index contributed by atoms with van der Waals surface area (Å²) in [4.78, 5) is 0. The summed E-state index contributed by atoms with van der Waals surface area (Å²) in [6.45, 7) is 1.82. The second-order valence-corrected chi connectivity index (χ2v) is 5.45. The molecule has 4 nitrogen and oxygen atoms in total. The van der Waals surface area contributed by atoms with Gasteiger partial charge in [-0.3, -0.25) is 0 Å². The van der Waals surface area contributed by atoms with Gasteiger partial charge in [0, 0.05) is 31.3 Å². The number of hydrogen-bond donors (Lipinski definition) is 1. The van der Waals surface area contributed by atoms with Crippen LogP contribution in [0.3, 0.4) is 0 Å². The van der Waals surface area contributed by atoms with E-state index in [0.717, 1.165) is 25.3 Å². The summed E-state index contributed by atoms with van der Waals surface area (Å²) in [7, 11) is 1.97. The molecule has 2 aromatic heterocycles. The average Bonchev–Trinajstić information content (AvgIpc) is 3.02. The molecule has 0 spiro atoms. The molecule has 3 rings (SSSR count). The molecular weight excluding hydrogens is 256 g/mol. The van der Waals surface area contributed by atoms with E-state index >= 15 is 0 Å². The fourth-order valence-electron chi connectivity index (χ4n) is 2.13. The summed E-state index contributed by atoms with van der Waals surface area (Å²) in [6, 6.07) is 8.54. The molecule has 0 aliphatic rings.